The SMILES string of the molecule is C=C(O)NC(=CC(N)=O)C(=O)O. The van der Waals surface area contributed by atoms with Crippen LogP contribution in [0, 0.1) is 0 Å². The average Bonchev–Trinajstić information content (AvgIpc) is 1.83. The zero-order chi connectivity index (χ0) is 9.72. The normalized spacial score (nSPS) is 10.5. The Morgan fingerprint density at radius 3 is 2.17 bits per heavy atom. The maximum absolute atomic E-state index is 10.3. The highest BCUT2D eigenvalue weighted by Crippen LogP contribution is 1.91. The number of nitrogens with two attached hydrogens (primary N) is 1. The first kappa shape index (κ1) is 10.0. The van der Waals surface area contributed by atoms with Crippen molar-refractivity contribution in [3.8, 4) is 0 Å². The number of carboxylic acids is 1. The molecule has 0 aromatic carbocycles. The second-order valence-electron chi connectivity index (χ2n) is 1.84. The number of aliphatic hydroxyl groups is 1. The molecule has 0 saturated carbocycles. The van der Waals surface area contributed by atoms with Gasteiger partial charge in [-0.25, -0.2) is 4.79 Å². The van der Waals surface area contributed by atoms with Crippen LogP contribution in [-0.4, -0.2) is 22.1 Å². The van der Waals surface area contributed by atoms with E-state index in [0.29, 0.717) is 6.08 Å². The predicted molar refractivity (Wildman–Crippen MR) is 39.8 cm³/mol. The van der Waals surface area contributed by atoms with E-state index in [-0.39, 0.29) is 0 Å². The number of carbonyl (C=O) groups is 2. The zero-order valence-electron chi connectivity index (χ0n) is 6.07. The quantitative estimate of drug-likeness (QED) is 0.323. The molecule has 6 heteroatoms. The van der Waals surface area contributed by atoms with Crippen molar-refractivity contribution in [2.75, 3.05) is 0 Å². The number of amides is 1. The van der Waals surface area contributed by atoms with E-state index in [2.05, 4.69) is 12.3 Å². The molecule has 0 aliphatic carbocycles. The van der Waals surface area contributed by atoms with E-state index < -0.39 is 23.5 Å². The number of primary amides is 1. The number of hydrogen-bond donors (Lipinski definition) is 4. The molecule has 0 aromatic rings. The van der Waals surface area contributed by atoms with Crippen LogP contribution in [0.25, 0.3) is 0 Å². The van der Waals surface area contributed by atoms with Gasteiger partial charge >= 0.3 is 5.97 Å². The van der Waals surface area contributed by atoms with Crippen LogP contribution in [0.2, 0.25) is 0 Å². The Labute approximate surface area is 68.0 Å². The fraction of sp³-hybridized carbons (Fsp3) is 0. The van der Waals surface area contributed by atoms with Gasteiger partial charge < -0.3 is 21.3 Å². The highest BCUT2D eigenvalue weighted by molar-refractivity contribution is 5.96. The van der Waals surface area contributed by atoms with Crippen LogP contribution in [0.4, 0.5) is 0 Å². The molecular weight excluding hydrogens is 164 g/mol. The molecule has 0 bridgehead atoms. The van der Waals surface area contributed by atoms with Gasteiger partial charge in [0.05, 0.1) is 0 Å². The molecule has 0 atom stereocenters. The van der Waals surface area contributed by atoms with Crippen molar-refractivity contribution in [2.45, 2.75) is 0 Å². The highest BCUT2D eigenvalue weighted by Gasteiger charge is 2.08. The Balaban J connectivity index is 4.55. The standard InChI is InChI=1S/C6H8N2O4/c1-3(9)8-4(6(11)12)2-5(7)10/h2,8-9H,1H2,(H2,7,10)(H,11,12). The minimum absolute atomic E-state index is 0.532. The van der Waals surface area contributed by atoms with Crippen molar-refractivity contribution in [2.24, 2.45) is 5.73 Å². The lowest BCUT2D eigenvalue weighted by molar-refractivity contribution is -0.133. The van der Waals surface area contributed by atoms with E-state index in [1.165, 1.54) is 0 Å². The van der Waals surface area contributed by atoms with Gasteiger partial charge in [0.1, 0.15) is 5.70 Å². The molecular formula is C6H8N2O4. The maximum atomic E-state index is 10.3. The number of aliphatic carboxylic acids is 1. The minimum atomic E-state index is -1.41. The van der Waals surface area contributed by atoms with Gasteiger partial charge in [-0.3, -0.25) is 4.79 Å². The van der Waals surface area contributed by atoms with Crippen LogP contribution in [-0.2, 0) is 9.59 Å². The second-order valence-corrected chi connectivity index (χ2v) is 1.84. The molecule has 0 radical (unpaired) electrons. The van der Waals surface area contributed by atoms with Crippen LogP contribution in [0.3, 0.4) is 0 Å². The lowest BCUT2D eigenvalue weighted by atomic mass is 10.4. The van der Waals surface area contributed by atoms with Crippen molar-refractivity contribution >= 4 is 11.9 Å². The Hall–Kier alpha value is -1.98. The first-order valence-electron chi connectivity index (χ1n) is 2.83. The second kappa shape index (κ2) is 4.02. The Morgan fingerprint density at radius 1 is 1.42 bits per heavy atom. The summed E-state index contributed by atoms with van der Waals surface area (Å²) in [6.45, 7) is 2.97. The molecule has 0 aliphatic rings. The van der Waals surface area contributed by atoms with E-state index in [9.17, 15) is 9.59 Å². The van der Waals surface area contributed by atoms with Crippen molar-refractivity contribution in [1.29, 1.82) is 0 Å². The molecule has 0 saturated heterocycles. The summed E-state index contributed by atoms with van der Waals surface area (Å²) >= 11 is 0. The number of carbonyl (C=O) groups excluding carboxylic acids is 1. The number of rotatable bonds is 4. The number of hydrogen-bond acceptors (Lipinski definition) is 4. The average molecular weight is 172 g/mol. The third-order valence-corrected chi connectivity index (χ3v) is 0.796. The first-order chi connectivity index (χ1) is 5.43. The number of carboxylic acid groups (broad SMARTS) is 1. The van der Waals surface area contributed by atoms with E-state index in [1.807, 2.05) is 5.32 Å². The van der Waals surface area contributed by atoms with Gasteiger partial charge in [0.15, 0.2) is 5.88 Å². The summed E-state index contributed by atoms with van der Waals surface area (Å²) in [4.78, 5) is 20.5. The molecule has 5 N–H and O–H groups in total. The molecule has 1 amide bonds. The predicted octanol–water partition coefficient (Wildman–Crippen LogP) is -0.941. The fourth-order valence-corrected chi connectivity index (χ4v) is 0.449. The number of aliphatic hydroxyl groups excluding tert-OH is 1. The van der Waals surface area contributed by atoms with Crippen molar-refractivity contribution in [3.63, 3.8) is 0 Å². The van der Waals surface area contributed by atoms with Crippen molar-refractivity contribution in [1.82, 2.24) is 5.32 Å². The van der Waals surface area contributed by atoms with Crippen molar-refractivity contribution in [3.05, 3.63) is 24.2 Å². The van der Waals surface area contributed by atoms with E-state index in [1.54, 1.807) is 0 Å². The topological polar surface area (TPSA) is 113 Å². The van der Waals surface area contributed by atoms with Gasteiger partial charge in [-0.05, 0) is 6.58 Å². The molecule has 0 spiro atoms. The smallest absolute Gasteiger partial charge is 0.352 e. The summed E-state index contributed by atoms with van der Waals surface area (Å²) in [6.07, 6.45) is 0.629. The summed E-state index contributed by atoms with van der Waals surface area (Å²) in [5, 5.41) is 18.8. The van der Waals surface area contributed by atoms with E-state index >= 15 is 0 Å². The summed E-state index contributed by atoms with van der Waals surface area (Å²) in [6, 6.07) is 0. The molecule has 0 unspecified atom stereocenters. The first-order valence-corrected chi connectivity index (χ1v) is 2.83. The summed E-state index contributed by atoms with van der Waals surface area (Å²) < 4.78 is 0. The van der Waals surface area contributed by atoms with Gasteiger partial charge in [-0.15, -0.1) is 0 Å². The van der Waals surface area contributed by atoms with Gasteiger partial charge in [-0.1, -0.05) is 0 Å². The molecule has 66 valence electrons. The summed E-state index contributed by atoms with van der Waals surface area (Å²) in [5.74, 6) is -2.92. The van der Waals surface area contributed by atoms with E-state index in [4.69, 9.17) is 10.2 Å². The molecule has 12 heavy (non-hydrogen) atoms. The fourth-order valence-electron chi connectivity index (χ4n) is 0.449. The monoisotopic (exact) mass is 172 g/mol. The van der Waals surface area contributed by atoms with Crippen molar-refractivity contribution < 1.29 is 19.8 Å². The van der Waals surface area contributed by atoms with Gasteiger partial charge in [0.25, 0.3) is 0 Å². The van der Waals surface area contributed by atoms with Crippen LogP contribution >= 0.6 is 0 Å². The molecule has 6 nitrogen and oxygen atoms in total. The number of nitrogens with one attached hydrogen (secondary N) is 1. The van der Waals surface area contributed by atoms with Gasteiger partial charge in [0.2, 0.25) is 5.91 Å². The molecule has 0 aliphatic heterocycles. The maximum Gasteiger partial charge on any atom is 0.352 e. The van der Waals surface area contributed by atoms with Crippen LogP contribution in [0.5, 0.6) is 0 Å². The molecule has 0 fully saturated rings. The van der Waals surface area contributed by atoms with Crippen LogP contribution in [0.15, 0.2) is 24.2 Å². The van der Waals surface area contributed by atoms with E-state index in [0.717, 1.165) is 0 Å². The summed E-state index contributed by atoms with van der Waals surface area (Å²) in [7, 11) is 0. The van der Waals surface area contributed by atoms with Crippen LogP contribution in [0.1, 0.15) is 0 Å². The third-order valence-electron chi connectivity index (χ3n) is 0.796. The minimum Gasteiger partial charge on any atom is -0.495 e. The van der Waals surface area contributed by atoms with Crippen LogP contribution < -0.4 is 11.1 Å². The Kier molecular flexibility index (Phi) is 3.35. The Bertz CT molecular complexity index is 256. The Morgan fingerprint density at radius 2 is 1.92 bits per heavy atom. The highest BCUT2D eigenvalue weighted by atomic mass is 16.4. The lowest BCUT2D eigenvalue weighted by Gasteiger charge is -2.02. The molecule has 0 rings (SSSR count). The summed E-state index contributed by atoms with van der Waals surface area (Å²) in [5.41, 5.74) is 4.14. The third kappa shape index (κ3) is 3.94. The van der Waals surface area contributed by atoms with Gasteiger partial charge in [0, 0.05) is 6.08 Å². The lowest BCUT2D eigenvalue weighted by Crippen LogP contribution is -2.22. The zero-order valence-corrected chi connectivity index (χ0v) is 6.07. The van der Waals surface area contributed by atoms with Gasteiger partial charge in [-0.2, -0.15) is 0 Å². The molecule has 0 heterocycles. The largest absolute Gasteiger partial charge is 0.495 e. The molecule has 0 aromatic heterocycles.